The van der Waals surface area contributed by atoms with Crippen LogP contribution in [0.2, 0.25) is 0 Å². The Morgan fingerprint density at radius 3 is 2.96 bits per heavy atom. The Balaban J connectivity index is 1.50. The summed E-state index contributed by atoms with van der Waals surface area (Å²) in [5.74, 6) is 1.95. The molecule has 0 spiro atoms. The van der Waals surface area contributed by atoms with Gasteiger partial charge in [0.1, 0.15) is 11.6 Å². The van der Waals surface area contributed by atoms with Crippen molar-refractivity contribution in [2.45, 2.75) is 25.7 Å². The third-order valence-electron chi connectivity index (χ3n) is 4.80. The fraction of sp³-hybridized carbons (Fsp3) is 0.350. The van der Waals surface area contributed by atoms with E-state index in [4.69, 9.17) is 9.72 Å². The number of pyridine rings is 1. The van der Waals surface area contributed by atoms with Gasteiger partial charge in [-0.25, -0.2) is 14.8 Å². The monoisotopic (exact) mass is 350 g/mol. The third-order valence-corrected chi connectivity index (χ3v) is 4.80. The van der Waals surface area contributed by atoms with E-state index in [2.05, 4.69) is 20.9 Å². The number of anilines is 1. The molecular weight excluding hydrogens is 328 g/mol. The first kappa shape index (κ1) is 16.6. The molecule has 2 aromatic heterocycles. The van der Waals surface area contributed by atoms with Crippen LogP contribution in [0.1, 0.15) is 41.9 Å². The van der Waals surface area contributed by atoms with Crippen molar-refractivity contribution in [3.05, 3.63) is 54.0 Å². The first-order valence-electron chi connectivity index (χ1n) is 9.07. The predicted octanol–water partition coefficient (Wildman–Crippen LogP) is 3.52. The molecule has 134 valence electrons. The van der Waals surface area contributed by atoms with Crippen LogP contribution in [0.15, 0.2) is 42.6 Å². The van der Waals surface area contributed by atoms with E-state index in [1.165, 1.54) is 0 Å². The Kier molecular flexibility index (Phi) is 4.56. The molecule has 6 heteroatoms. The molecular formula is C20H22N4O2. The molecule has 1 unspecified atom stereocenters. The highest BCUT2D eigenvalue weighted by Crippen LogP contribution is 2.29. The number of esters is 1. The first-order chi connectivity index (χ1) is 12.7. The van der Waals surface area contributed by atoms with Gasteiger partial charge in [0.2, 0.25) is 0 Å². The van der Waals surface area contributed by atoms with E-state index in [0.717, 1.165) is 48.6 Å². The van der Waals surface area contributed by atoms with Gasteiger partial charge in [0.15, 0.2) is 0 Å². The number of aromatic nitrogens is 3. The van der Waals surface area contributed by atoms with Gasteiger partial charge in [-0.1, -0.05) is 12.1 Å². The van der Waals surface area contributed by atoms with E-state index >= 15 is 0 Å². The fourth-order valence-corrected chi connectivity index (χ4v) is 3.48. The van der Waals surface area contributed by atoms with Crippen molar-refractivity contribution in [3.8, 4) is 0 Å². The number of aromatic amines is 1. The normalized spacial score (nSPS) is 17.4. The van der Waals surface area contributed by atoms with Gasteiger partial charge in [-0.15, -0.1) is 0 Å². The molecule has 1 aliphatic rings. The molecule has 1 fully saturated rings. The molecule has 3 heterocycles. The van der Waals surface area contributed by atoms with E-state index in [1.807, 2.05) is 24.3 Å². The summed E-state index contributed by atoms with van der Waals surface area (Å²) in [6, 6.07) is 11.8. The van der Waals surface area contributed by atoms with Crippen LogP contribution in [0, 0.1) is 0 Å². The van der Waals surface area contributed by atoms with Crippen LogP contribution in [-0.2, 0) is 4.74 Å². The van der Waals surface area contributed by atoms with Crippen molar-refractivity contribution in [1.29, 1.82) is 0 Å². The van der Waals surface area contributed by atoms with Gasteiger partial charge < -0.3 is 14.6 Å². The van der Waals surface area contributed by atoms with E-state index in [1.54, 1.807) is 19.2 Å². The fourth-order valence-electron chi connectivity index (χ4n) is 3.48. The second-order valence-corrected chi connectivity index (χ2v) is 6.55. The summed E-state index contributed by atoms with van der Waals surface area (Å²) in [6.45, 7) is 3.99. The van der Waals surface area contributed by atoms with Crippen LogP contribution >= 0.6 is 0 Å². The highest BCUT2D eigenvalue weighted by Gasteiger charge is 2.24. The number of nitrogens with one attached hydrogen (secondary N) is 1. The second kappa shape index (κ2) is 7.15. The van der Waals surface area contributed by atoms with Crippen molar-refractivity contribution >= 4 is 22.8 Å². The van der Waals surface area contributed by atoms with E-state index < -0.39 is 0 Å². The summed E-state index contributed by atoms with van der Waals surface area (Å²) in [5.41, 5.74) is 2.58. The summed E-state index contributed by atoms with van der Waals surface area (Å²) in [4.78, 5) is 26.7. The van der Waals surface area contributed by atoms with Gasteiger partial charge in [0.05, 0.1) is 23.2 Å². The van der Waals surface area contributed by atoms with E-state index in [0.29, 0.717) is 18.1 Å². The quantitative estimate of drug-likeness (QED) is 0.729. The van der Waals surface area contributed by atoms with Gasteiger partial charge in [-0.2, -0.15) is 0 Å². The molecule has 1 aromatic carbocycles. The molecule has 0 radical (unpaired) electrons. The standard InChI is InChI=1S/C20H22N4O2/c1-2-26-20(25)14-9-10-18(21-12-14)24-11-5-6-15(13-24)19-22-16-7-3-4-8-17(16)23-19/h3-4,7-10,12,15H,2,5-6,11,13H2,1H3,(H,22,23). The van der Waals surface area contributed by atoms with Gasteiger partial charge in [0, 0.05) is 25.2 Å². The number of carbonyl (C=O) groups is 1. The number of carbonyl (C=O) groups excluding carboxylic acids is 1. The van der Waals surface area contributed by atoms with Crippen molar-refractivity contribution in [2.24, 2.45) is 0 Å². The van der Waals surface area contributed by atoms with Crippen LogP contribution in [0.25, 0.3) is 11.0 Å². The van der Waals surface area contributed by atoms with Gasteiger partial charge in [0.25, 0.3) is 0 Å². The number of para-hydroxylation sites is 2. The van der Waals surface area contributed by atoms with Crippen LogP contribution in [-0.4, -0.2) is 40.6 Å². The van der Waals surface area contributed by atoms with Gasteiger partial charge in [-0.3, -0.25) is 0 Å². The summed E-state index contributed by atoms with van der Waals surface area (Å²) < 4.78 is 5.01. The molecule has 1 aliphatic heterocycles. The number of fused-ring (bicyclic) bond motifs is 1. The number of piperidine rings is 1. The summed E-state index contributed by atoms with van der Waals surface area (Å²) in [7, 11) is 0. The maximum Gasteiger partial charge on any atom is 0.339 e. The Morgan fingerprint density at radius 2 is 2.19 bits per heavy atom. The number of ether oxygens (including phenoxy) is 1. The third kappa shape index (κ3) is 3.27. The maximum atomic E-state index is 11.8. The number of imidazole rings is 1. The smallest absolute Gasteiger partial charge is 0.339 e. The number of hydrogen-bond donors (Lipinski definition) is 1. The molecule has 0 bridgehead atoms. The summed E-state index contributed by atoms with van der Waals surface area (Å²) in [6.07, 6.45) is 3.79. The highest BCUT2D eigenvalue weighted by molar-refractivity contribution is 5.89. The lowest BCUT2D eigenvalue weighted by atomic mass is 9.97. The minimum atomic E-state index is -0.328. The zero-order chi connectivity index (χ0) is 17.9. The lowest BCUT2D eigenvalue weighted by Gasteiger charge is -2.32. The second-order valence-electron chi connectivity index (χ2n) is 6.55. The van der Waals surface area contributed by atoms with Crippen LogP contribution < -0.4 is 4.90 Å². The zero-order valence-corrected chi connectivity index (χ0v) is 14.8. The predicted molar refractivity (Wildman–Crippen MR) is 100 cm³/mol. The van der Waals surface area contributed by atoms with Crippen molar-refractivity contribution in [3.63, 3.8) is 0 Å². The van der Waals surface area contributed by atoms with Gasteiger partial charge >= 0.3 is 5.97 Å². The average Bonchev–Trinajstić information content (AvgIpc) is 3.13. The number of nitrogens with zero attached hydrogens (tertiary/aromatic N) is 3. The summed E-state index contributed by atoms with van der Waals surface area (Å²) >= 11 is 0. The van der Waals surface area contributed by atoms with Crippen molar-refractivity contribution < 1.29 is 9.53 Å². The Morgan fingerprint density at radius 1 is 1.31 bits per heavy atom. The van der Waals surface area contributed by atoms with Crippen LogP contribution in [0.3, 0.4) is 0 Å². The molecule has 4 rings (SSSR count). The Bertz CT molecular complexity index is 871. The van der Waals surface area contributed by atoms with E-state index in [9.17, 15) is 4.79 Å². The average molecular weight is 350 g/mol. The number of hydrogen-bond acceptors (Lipinski definition) is 5. The number of benzene rings is 1. The molecule has 1 saturated heterocycles. The summed E-state index contributed by atoms with van der Waals surface area (Å²) in [5, 5.41) is 0. The SMILES string of the molecule is CCOC(=O)c1ccc(N2CCCC(c3nc4ccccc4[nH]3)C2)nc1. The zero-order valence-electron chi connectivity index (χ0n) is 14.8. The van der Waals surface area contributed by atoms with Crippen molar-refractivity contribution in [1.82, 2.24) is 15.0 Å². The lowest BCUT2D eigenvalue weighted by molar-refractivity contribution is 0.0526. The number of H-pyrrole nitrogens is 1. The largest absolute Gasteiger partial charge is 0.462 e. The minimum Gasteiger partial charge on any atom is -0.462 e. The molecule has 0 amide bonds. The molecule has 3 aromatic rings. The Labute approximate surface area is 152 Å². The highest BCUT2D eigenvalue weighted by atomic mass is 16.5. The molecule has 0 saturated carbocycles. The minimum absolute atomic E-state index is 0.328. The molecule has 26 heavy (non-hydrogen) atoms. The van der Waals surface area contributed by atoms with Crippen LogP contribution in [0.5, 0.6) is 0 Å². The Hall–Kier alpha value is -2.89. The topological polar surface area (TPSA) is 71.1 Å². The van der Waals surface area contributed by atoms with Crippen LogP contribution in [0.4, 0.5) is 5.82 Å². The van der Waals surface area contributed by atoms with Crippen molar-refractivity contribution in [2.75, 3.05) is 24.6 Å². The van der Waals surface area contributed by atoms with Gasteiger partial charge in [-0.05, 0) is 44.0 Å². The van der Waals surface area contributed by atoms with E-state index in [-0.39, 0.29) is 5.97 Å². The maximum absolute atomic E-state index is 11.8. The molecule has 6 nitrogen and oxygen atoms in total. The number of rotatable bonds is 4. The lowest BCUT2D eigenvalue weighted by Crippen LogP contribution is -2.35. The molecule has 1 N–H and O–H groups in total. The molecule has 1 atom stereocenters. The molecule has 0 aliphatic carbocycles. The first-order valence-corrected chi connectivity index (χ1v) is 9.07.